The molecule has 0 spiro atoms. The zero-order chi connectivity index (χ0) is 12.3. The highest BCUT2D eigenvalue weighted by molar-refractivity contribution is 6.30. The second-order valence-electron chi connectivity index (χ2n) is 3.78. The molecular weight excluding hydrogens is 241 g/mol. The van der Waals surface area contributed by atoms with Gasteiger partial charge in [0.1, 0.15) is 11.0 Å². The molecule has 90 valence electrons. The Morgan fingerprint density at radius 3 is 2.65 bits per heavy atom. The molecule has 0 amide bonds. The first kappa shape index (κ1) is 12.1. The summed E-state index contributed by atoms with van der Waals surface area (Å²) in [5, 5.41) is 4.78. The monoisotopic (exact) mass is 253 g/mol. The van der Waals surface area contributed by atoms with E-state index in [1.54, 1.807) is 23.0 Å². The van der Waals surface area contributed by atoms with Gasteiger partial charge in [0.05, 0.1) is 12.7 Å². The lowest BCUT2D eigenvalue weighted by molar-refractivity contribution is 0.624. The van der Waals surface area contributed by atoms with Crippen molar-refractivity contribution in [3.05, 3.63) is 52.6 Å². The Labute approximate surface area is 104 Å². The smallest absolute Gasteiger partial charge is 0.130 e. The molecule has 2 rings (SSSR count). The first-order valence-electron chi connectivity index (χ1n) is 5.35. The molecule has 0 atom stereocenters. The summed E-state index contributed by atoms with van der Waals surface area (Å²) in [6.45, 7) is 1.08. The molecule has 0 aliphatic carbocycles. The van der Waals surface area contributed by atoms with Crippen molar-refractivity contribution >= 4 is 11.6 Å². The predicted octanol–water partition coefficient (Wildman–Crippen LogP) is 2.23. The van der Waals surface area contributed by atoms with Crippen molar-refractivity contribution in [2.75, 3.05) is 6.54 Å². The van der Waals surface area contributed by atoms with Crippen molar-refractivity contribution in [3.8, 4) is 0 Å². The second kappa shape index (κ2) is 5.29. The molecule has 0 bridgehead atoms. The van der Waals surface area contributed by atoms with E-state index < -0.39 is 0 Å². The summed E-state index contributed by atoms with van der Waals surface area (Å²) in [6.07, 6.45) is 2.43. The van der Waals surface area contributed by atoms with Gasteiger partial charge in [-0.05, 0) is 30.7 Å². The Hall–Kier alpha value is -1.39. The topological polar surface area (TPSA) is 43.8 Å². The minimum absolute atomic E-state index is 0.246. The molecule has 0 aliphatic heterocycles. The van der Waals surface area contributed by atoms with Crippen LogP contribution < -0.4 is 5.73 Å². The normalized spacial score (nSPS) is 10.8. The molecule has 0 saturated carbocycles. The standard InChI is InChI=1S/C12H13ClFN3/c13-12-10(5-6-15)7-16-17(12)8-9-1-3-11(14)4-2-9/h1-4,7H,5-6,8,15H2. The Morgan fingerprint density at radius 2 is 2.00 bits per heavy atom. The highest BCUT2D eigenvalue weighted by Gasteiger charge is 2.07. The number of halogens is 2. The molecule has 1 aromatic carbocycles. The number of nitrogens with zero attached hydrogens (tertiary/aromatic N) is 2. The molecule has 5 heteroatoms. The summed E-state index contributed by atoms with van der Waals surface area (Å²) >= 11 is 6.16. The van der Waals surface area contributed by atoms with Crippen LogP contribution in [-0.4, -0.2) is 16.3 Å². The van der Waals surface area contributed by atoms with Crippen molar-refractivity contribution in [3.63, 3.8) is 0 Å². The van der Waals surface area contributed by atoms with Crippen LogP contribution in [-0.2, 0) is 13.0 Å². The van der Waals surface area contributed by atoms with Crippen LogP contribution in [0.3, 0.4) is 0 Å². The quantitative estimate of drug-likeness (QED) is 0.908. The lowest BCUT2D eigenvalue weighted by Crippen LogP contribution is -2.04. The molecule has 1 heterocycles. The molecule has 0 aliphatic rings. The minimum atomic E-state index is -0.246. The highest BCUT2D eigenvalue weighted by atomic mass is 35.5. The van der Waals surface area contributed by atoms with Crippen LogP contribution in [0.1, 0.15) is 11.1 Å². The largest absolute Gasteiger partial charge is 0.330 e. The molecule has 0 radical (unpaired) electrons. The van der Waals surface area contributed by atoms with Gasteiger partial charge in [-0.25, -0.2) is 9.07 Å². The maximum atomic E-state index is 12.7. The van der Waals surface area contributed by atoms with Crippen molar-refractivity contribution in [2.45, 2.75) is 13.0 Å². The molecular formula is C12H13ClFN3. The van der Waals surface area contributed by atoms with Crippen molar-refractivity contribution in [1.29, 1.82) is 0 Å². The van der Waals surface area contributed by atoms with Gasteiger partial charge < -0.3 is 5.73 Å². The Morgan fingerprint density at radius 1 is 1.29 bits per heavy atom. The first-order valence-corrected chi connectivity index (χ1v) is 5.73. The van der Waals surface area contributed by atoms with E-state index in [1.807, 2.05) is 0 Å². The summed E-state index contributed by atoms with van der Waals surface area (Å²) in [5.41, 5.74) is 7.37. The summed E-state index contributed by atoms with van der Waals surface area (Å²) in [6, 6.07) is 6.28. The van der Waals surface area contributed by atoms with Crippen LogP contribution in [0.2, 0.25) is 5.15 Å². The summed E-state index contributed by atoms with van der Waals surface area (Å²) in [7, 11) is 0. The lowest BCUT2D eigenvalue weighted by Gasteiger charge is -2.04. The molecule has 2 aromatic rings. The van der Waals surface area contributed by atoms with Gasteiger partial charge in [-0.1, -0.05) is 23.7 Å². The van der Waals surface area contributed by atoms with Crippen LogP contribution in [0.4, 0.5) is 4.39 Å². The zero-order valence-corrected chi connectivity index (χ0v) is 9.99. The second-order valence-corrected chi connectivity index (χ2v) is 4.14. The SMILES string of the molecule is NCCc1cnn(Cc2ccc(F)cc2)c1Cl. The third-order valence-corrected chi connectivity index (χ3v) is 2.94. The van der Waals surface area contributed by atoms with Gasteiger partial charge in [0.25, 0.3) is 0 Å². The number of benzene rings is 1. The van der Waals surface area contributed by atoms with E-state index in [2.05, 4.69) is 5.10 Å². The van der Waals surface area contributed by atoms with Crippen LogP contribution in [0.5, 0.6) is 0 Å². The summed E-state index contributed by atoms with van der Waals surface area (Å²) < 4.78 is 14.4. The van der Waals surface area contributed by atoms with Crippen LogP contribution >= 0.6 is 11.6 Å². The molecule has 0 unspecified atom stereocenters. The Bertz CT molecular complexity index is 493. The average molecular weight is 254 g/mol. The fraction of sp³-hybridized carbons (Fsp3) is 0.250. The third-order valence-electron chi connectivity index (χ3n) is 2.50. The van der Waals surface area contributed by atoms with Crippen molar-refractivity contribution in [2.24, 2.45) is 5.73 Å². The predicted molar refractivity (Wildman–Crippen MR) is 65.5 cm³/mol. The van der Waals surface area contributed by atoms with Crippen LogP contribution in [0.15, 0.2) is 30.5 Å². The van der Waals surface area contributed by atoms with Gasteiger partial charge in [0.15, 0.2) is 0 Å². The maximum Gasteiger partial charge on any atom is 0.130 e. The molecule has 0 saturated heterocycles. The lowest BCUT2D eigenvalue weighted by atomic mass is 10.2. The molecule has 2 N–H and O–H groups in total. The third kappa shape index (κ3) is 2.84. The molecule has 1 aromatic heterocycles. The summed E-state index contributed by atoms with van der Waals surface area (Å²) in [4.78, 5) is 0. The fourth-order valence-electron chi connectivity index (χ4n) is 1.61. The number of hydrogen-bond donors (Lipinski definition) is 1. The number of hydrogen-bond acceptors (Lipinski definition) is 2. The van der Waals surface area contributed by atoms with E-state index in [9.17, 15) is 4.39 Å². The van der Waals surface area contributed by atoms with Crippen LogP contribution in [0.25, 0.3) is 0 Å². The van der Waals surface area contributed by atoms with E-state index in [-0.39, 0.29) is 5.82 Å². The number of aromatic nitrogens is 2. The van der Waals surface area contributed by atoms with E-state index in [4.69, 9.17) is 17.3 Å². The van der Waals surface area contributed by atoms with Gasteiger partial charge in [0.2, 0.25) is 0 Å². The molecule has 0 fully saturated rings. The van der Waals surface area contributed by atoms with Crippen LogP contribution in [0, 0.1) is 5.82 Å². The minimum Gasteiger partial charge on any atom is -0.330 e. The fourth-order valence-corrected chi connectivity index (χ4v) is 1.85. The molecule has 17 heavy (non-hydrogen) atoms. The van der Waals surface area contributed by atoms with Crippen molar-refractivity contribution < 1.29 is 4.39 Å². The van der Waals surface area contributed by atoms with Crippen molar-refractivity contribution in [1.82, 2.24) is 9.78 Å². The Kier molecular flexibility index (Phi) is 3.76. The number of rotatable bonds is 4. The van der Waals surface area contributed by atoms with E-state index in [1.165, 1.54) is 12.1 Å². The number of nitrogens with two attached hydrogens (primary N) is 1. The van der Waals surface area contributed by atoms with Gasteiger partial charge in [-0.2, -0.15) is 5.10 Å². The maximum absolute atomic E-state index is 12.7. The zero-order valence-electron chi connectivity index (χ0n) is 9.24. The van der Waals surface area contributed by atoms with E-state index in [0.717, 1.165) is 11.1 Å². The Balaban J connectivity index is 2.16. The van der Waals surface area contributed by atoms with Gasteiger partial charge in [-0.3, -0.25) is 0 Å². The molecule has 3 nitrogen and oxygen atoms in total. The van der Waals surface area contributed by atoms with Gasteiger partial charge in [0, 0.05) is 5.56 Å². The first-order chi connectivity index (χ1) is 8.20. The summed E-state index contributed by atoms with van der Waals surface area (Å²) in [5.74, 6) is -0.246. The highest BCUT2D eigenvalue weighted by Crippen LogP contribution is 2.17. The van der Waals surface area contributed by atoms with Gasteiger partial charge >= 0.3 is 0 Å². The van der Waals surface area contributed by atoms with E-state index >= 15 is 0 Å². The average Bonchev–Trinajstić information content (AvgIpc) is 2.65. The van der Waals surface area contributed by atoms with E-state index in [0.29, 0.717) is 24.7 Å². The van der Waals surface area contributed by atoms with Gasteiger partial charge in [-0.15, -0.1) is 0 Å².